The van der Waals surface area contributed by atoms with Gasteiger partial charge in [0.1, 0.15) is 11.4 Å². The van der Waals surface area contributed by atoms with Gasteiger partial charge < -0.3 is 19.1 Å². The van der Waals surface area contributed by atoms with E-state index < -0.39 is 11.8 Å². The van der Waals surface area contributed by atoms with Gasteiger partial charge in [-0.1, -0.05) is 65.9 Å². The van der Waals surface area contributed by atoms with Gasteiger partial charge in [0.05, 0.1) is 16.8 Å². The molecular formula is C29H30N2O4S. The number of carbonyl (C=O) groups is 1. The van der Waals surface area contributed by atoms with Crippen LogP contribution in [0.4, 0.5) is 4.79 Å². The summed E-state index contributed by atoms with van der Waals surface area (Å²) in [6, 6.07) is 26.3. The molecule has 5 rings (SSSR count). The minimum Gasteiger partial charge on any atom is -0.435 e. The first kappa shape index (κ1) is 24.3. The van der Waals surface area contributed by atoms with E-state index in [1.807, 2.05) is 60.7 Å². The van der Waals surface area contributed by atoms with Crippen LogP contribution in [-0.2, 0) is 21.5 Å². The number of hydrogen-bond donors (Lipinski definition) is 0. The van der Waals surface area contributed by atoms with E-state index in [2.05, 4.69) is 28.1 Å². The average molecular weight is 503 g/mol. The molecular weight excluding hydrogens is 472 g/mol. The van der Waals surface area contributed by atoms with E-state index in [1.54, 1.807) is 18.3 Å². The van der Waals surface area contributed by atoms with E-state index in [1.165, 1.54) is 5.56 Å². The van der Waals surface area contributed by atoms with Crippen molar-refractivity contribution in [2.75, 3.05) is 26.2 Å². The Balaban J connectivity index is 1.15. The number of aromatic nitrogens is 1. The summed E-state index contributed by atoms with van der Waals surface area (Å²) in [5.41, 5.74) is 2.61. The Hall–Kier alpha value is -3.42. The second kappa shape index (κ2) is 11.1. The maximum atomic E-state index is 12.2. The summed E-state index contributed by atoms with van der Waals surface area (Å²) in [5, 5.41) is 0.657. The van der Waals surface area contributed by atoms with Gasteiger partial charge in [0.25, 0.3) is 5.19 Å². The SMILES string of the molecule is CCOC(=O)OC1(c2ccccc2)CCN(CCc2ccc(Oc3nc4ccccc4s3)cc2)CC1. The molecule has 186 valence electrons. The number of para-hydroxylation sites is 1. The minimum atomic E-state index is -0.635. The number of rotatable bonds is 8. The third kappa shape index (κ3) is 5.69. The molecule has 0 aliphatic carbocycles. The summed E-state index contributed by atoms with van der Waals surface area (Å²) in [5.74, 6) is 0.791. The fraction of sp³-hybridized carbons (Fsp3) is 0.310. The molecule has 1 saturated heterocycles. The lowest BCUT2D eigenvalue weighted by Gasteiger charge is -2.41. The monoisotopic (exact) mass is 502 g/mol. The van der Waals surface area contributed by atoms with Crippen molar-refractivity contribution in [3.05, 3.63) is 90.0 Å². The third-order valence-corrected chi connectivity index (χ3v) is 7.54. The maximum absolute atomic E-state index is 12.2. The lowest BCUT2D eigenvalue weighted by Crippen LogP contribution is -2.45. The van der Waals surface area contributed by atoms with E-state index >= 15 is 0 Å². The Kier molecular flexibility index (Phi) is 7.49. The van der Waals surface area contributed by atoms with Gasteiger partial charge in [0.15, 0.2) is 0 Å². The first-order valence-electron chi connectivity index (χ1n) is 12.4. The van der Waals surface area contributed by atoms with Crippen LogP contribution >= 0.6 is 11.3 Å². The molecule has 1 fully saturated rings. The summed E-state index contributed by atoms with van der Waals surface area (Å²) in [7, 11) is 0. The van der Waals surface area contributed by atoms with Crippen LogP contribution in [0.5, 0.6) is 10.9 Å². The molecule has 0 atom stereocenters. The van der Waals surface area contributed by atoms with Gasteiger partial charge in [-0.05, 0) is 48.7 Å². The van der Waals surface area contributed by atoms with Gasteiger partial charge in [-0.25, -0.2) is 9.78 Å². The summed E-state index contributed by atoms with van der Waals surface area (Å²) < 4.78 is 18.1. The van der Waals surface area contributed by atoms with Crippen molar-refractivity contribution in [1.29, 1.82) is 0 Å². The van der Waals surface area contributed by atoms with Gasteiger partial charge >= 0.3 is 6.16 Å². The van der Waals surface area contributed by atoms with Crippen LogP contribution in [0.1, 0.15) is 30.9 Å². The number of piperidine rings is 1. The molecule has 6 nitrogen and oxygen atoms in total. The number of hydrogen-bond acceptors (Lipinski definition) is 7. The van der Waals surface area contributed by atoms with Gasteiger partial charge in [-0.15, -0.1) is 0 Å². The molecule has 3 aromatic carbocycles. The lowest BCUT2D eigenvalue weighted by atomic mass is 9.84. The van der Waals surface area contributed by atoms with Crippen LogP contribution in [0, 0.1) is 0 Å². The minimum absolute atomic E-state index is 0.306. The van der Waals surface area contributed by atoms with E-state index in [-0.39, 0.29) is 0 Å². The van der Waals surface area contributed by atoms with E-state index in [4.69, 9.17) is 14.2 Å². The molecule has 0 amide bonds. The van der Waals surface area contributed by atoms with Gasteiger partial charge in [0, 0.05) is 32.5 Å². The fourth-order valence-electron chi connectivity index (χ4n) is 4.64. The maximum Gasteiger partial charge on any atom is 0.509 e. The molecule has 0 N–H and O–H groups in total. The molecule has 7 heteroatoms. The highest BCUT2D eigenvalue weighted by molar-refractivity contribution is 7.20. The smallest absolute Gasteiger partial charge is 0.435 e. The Bertz CT molecular complexity index is 1250. The van der Waals surface area contributed by atoms with Crippen LogP contribution in [0.3, 0.4) is 0 Å². The van der Waals surface area contributed by atoms with Gasteiger partial charge in [-0.3, -0.25) is 0 Å². The molecule has 0 bridgehead atoms. The van der Waals surface area contributed by atoms with Crippen LogP contribution in [0.15, 0.2) is 78.9 Å². The largest absolute Gasteiger partial charge is 0.509 e. The lowest BCUT2D eigenvalue weighted by molar-refractivity contribution is -0.0707. The number of benzene rings is 3. The highest BCUT2D eigenvalue weighted by Crippen LogP contribution is 2.37. The second-order valence-corrected chi connectivity index (χ2v) is 9.92. The molecule has 0 saturated carbocycles. The average Bonchev–Trinajstić information content (AvgIpc) is 3.32. The highest BCUT2D eigenvalue weighted by Gasteiger charge is 2.40. The van der Waals surface area contributed by atoms with Crippen molar-refractivity contribution in [3.63, 3.8) is 0 Å². The Morgan fingerprint density at radius 1 is 0.972 bits per heavy atom. The normalized spacial score (nSPS) is 15.5. The zero-order chi connectivity index (χ0) is 24.8. The van der Waals surface area contributed by atoms with Crippen molar-refractivity contribution in [2.45, 2.75) is 31.8 Å². The van der Waals surface area contributed by atoms with Gasteiger partial charge in [0.2, 0.25) is 0 Å². The standard InChI is InChI=1S/C29H30N2O4S/c1-2-33-28(32)35-29(23-8-4-3-5-9-23)17-20-31(21-18-29)19-16-22-12-14-24(15-13-22)34-27-30-25-10-6-7-11-26(25)36-27/h3-15H,2,16-21H2,1H3. The number of likely N-dealkylation sites (tertiary alicyclic amines) is 1. The van der Waals surface area contributed by atoms with Crippen LogP contribution in [0.2, 0.25) is 0 Å². The molecule has 0 unspecified atom stereocenters. The molecule has 0 spiro atoms. The molecule has 4 aromatic rings. The van der Waals surface area contributed by atoms with Crippen LogP contribution in [-0.4, -0.2) is 42.3 Å². The van der Waals surface area contributed by atoms with E-state index in [0.717, 1.165) is 60.4 Å². The summed E-state index contributed by atoms with van der Waals surface area (Å²) in [6.45, 7) is 4.75. The van der Waals surface area contributed by atoms with Crippen molar-refractivity contribution < 1.29 is 19.0 Å². The van der Waals surface area contributed by atoms with Gasteiger partial charge in [-0.2, -0.15) is 0 Å². The number of fused-ring (bicyclic) bond motifs is 1. The highest BCUT2D eigenvalue weighted by atomic mass is 32.1. The van der Waals surface area contributed by atoms with E-state index in [9.17, 15) is 4.79 Å². The van der Waals surface area contributed by atoms with Crippen molar-refractivity contribution in [1.82, 2.24) is 9.88 Å². The summed E-state index contributed by atoms with van der Waals surface area (Å²) >= 11 is 1.55. The Labute approximate surface area is 215 Å². The first-order valence-corrected chi connectivity index (χ1v) is 13.2. The molecule has 36 heavy (non-hydrogen) atoms. The Morgan fingerprint density at radius 3 is 2.42 bits per heavy atom. The molecule has 2 heterocycles. The number of nitrogens with zero attached hydrogens (tertiary/aromatic N) is 2. The van der Waals surface area contributed by atoms with Crippen molar-refractivity contribution >= 4 is 27.7 Å². The quantitative estimate of drug-likeness (QED) is 0.247. The molecule has 0 radical (unpaired) electrons. The number of ether oxygens (including phenoxy) is 3. The Morgan fingerprint density at radius 2 is 1.69 bits per heavy atom. The molecule has 1 aromatic heterocycles. The zero-order valence-electron chi connectivity index (χ0n) is 20.4. The predicted octanol–water partition coefficient (Wildman–Crippen LogP) is 6.80. The summed E-state index contributed by atoms with van der Waals surface area (Å²) in [4.78, 5) is 19.2. The molecule has 1 aliphatic rings. The van der Waals surface area contributed by atoms with Crippen molar-refractivity contribution in [2.24, 2.45) is 0 Å². The predicted molar refractivity (Wildman–Crippen MR) is 142 cm³/mol. The van der Waals surface area contributed by atoms with Crippen LogP contribution in [0.25, 0.3) is 10.2 Å². The topological polar surface area (TPSA) is 60.9 Å². The third-order valence-electron chi connectivity index (χ3n) is 6.62. The van der Waals surface area contributed by atoms with Crippen LogP contribution < -0.4 is 4.74 Å². The molecule has 1 aliphatic heterocycles. The fourth-order valence-corrected chi connectivity index (χ4v) is 5.48. The van der Waals surface area contributed by atoms with E-state index in [0.29, 0.717) is 11.8 Å². The second-order valence-electron chi connectivity index (χ2n) is 8.93. The van der Waals surface area contributed by atoms with Crippen molar-refractivity contribution in [3.8, 4) is 10.9 Å². The first-order chi connectivity index (χ1) is 17.6. The number of thiazole rings is 1. The number of carbonyl (C=O) groups excluding carboxylic acids is 1. The summed E-state index contributed by atoms with van der Waals surface area (Å²) in [6.07, 6.45) is 1.83. The zero-order valence-corrected chi connectivity index (χ0v) is 21.2.